The van der Waals surface area contributed by atoms with Gasteiger partial charge in [0.25, 0.3) is 5.56 Å². The standard InChI is InChI=1S/C16H21ClN6O2.C2HF3O2/c1-3-4-8-22-12-13(19-15(22)21-10-6-18-7-11-21)23(9-5-17)16(25)20(2)14(12)24;3-2(4,5)1(6)7/h18H,5-11H2,1-2H3;(H,6,7). The van der Waals surface area contributed by atoms with Crippen LogP contribution in [0.3, 0.4) is 0 Å². The van der Waals surface area contributed by atoms with Crippen LogP contribution in [0.25, 0.3) is 11.2 Å². The van der Waals surface area contributed by atoms with Crippen LogP contribution >= 0.6 is 11.6 Å². The minimum absolute atomic E-state index is 0.262. The highest BCUT2D eigenvalue weighted by Crippen LogP contribution is 2.20. The van der Waals surface area contributed by atoms with Crippen molar-refractivity contribution in [3.8, 4) is 11.8 Å². The van der Waals surface area contributed by atoms with Crippen molar-refractivity contribution in [2.24, 2.45) is 7.05 Å². The minimum Gasteiger partial charge on any atom is -0.475 e. The van der Waals surface area contributed by atoms with Crippen LogP contribution < -0.4 is 21.5 Å². The van der Waals surface area contributed by atoms with Gasteiger partial charge in [-0.2, -0.15) is 18.2 Å². The van der Waals surface area contributed by atoms with Gasteiger partial charge in [-0.3, -0.25) is 18.5 Å². The first kappa shape index (κ1) is 25.3. The Balaban J connectivity index is 0.000000451. The Morgan fingerprint density at radius 2 is 1.84 bits per heavy atom. The molecule has 0 radical (unpaired) electrons. The number of aromatic nitrogens is 4. The largest absolute Gasteiger partial charge is 0.490 e. The number of hydrogen-bond acceptors (Lipinski definition) is 6. The topological polar surface area (TPSA) is 114 Å². The van der Waals surface area contributed by atoms with Crippen LogP contribution in [0.1, 0.15) is 6.92 Å². The molecule has 1 aliphatic rings. The summed E-state index contributed by atoms with van der Waals surface area (Å²) in [4.78, 5) is 40.9. The van der Waals surface area contributed by atoms with E-state index < -0.39 is 17.8 Å². The highest BCUT2D eigenvalue weighted by Gasteiger charge is 2.38. The first-order chi connectivity index (χ1) is 15.0. The quantitative estimate of drug-likeness (QED) is 0.476. The van der Waals surface area contributed by atoms with Gasteiger partial charge in [0, 0.05) is 45.7 Å². The van der Waals surface area contributed by atoms with Crippen LogP contribution in [0, 0.1) is 11.8 Å². The van der Waals surface area contributed by atoms with E-state index in [1.807, 2.05) is 4.57 Å². The van der Waals surface area contributed by atoms with Crippen LogP contribution in [0.15, 0.2) is 9.59 Å². The van der Waals surface area contributed by atoms with E-state index in [-0.39, 0.29) is 11.4 Å². The molecule has 0 aromatic carbocycles. The number of aliphatic carboxylic acids is 1. The summed E-state index contributed by atoms with van der Waals surface area (Å²) in [5.74, 6) is 4.04. The van der Waals surface area contributed by atoms with Crippen molar-refractivity contribution in [2.75, 3.05) is 37.0 Å². The number of carbonyl (C=O) groups is 1. The first-order valence-electron chi connectivity index (χ1n) is 9.46. The number of carboxylic acids is 1. The Morgan fingerprint density at radius 3 is 2.34 bits per heavy atom. The van der Waals surface area contributed by atoms with Gasteiger partial charge in [-0.1, -0.05) is 5.92 Å². The number of nitrogens with zero attached hydrogens (tertiary/aromatic N) is 5. The average molecular weight is 479 g/mol. The molecule has 0 atom stereocenters. The van der Waals surface area contributed by atoms with Crippen LogP contribution in [0.5, 0.6) is 0 Å². The molecule has 10 nitrogen and oxygen atoms in total. The number of alkyl halides is 4. The molecule has 0 amide bonds. The molecule has 2 aromatic heterocycles. The van der Waals surface area contributed by atoms with Gasteiger partial charge in [0.15, 0.2) is 11.2 Å². The first-order valence-corrected chi connectivity index (χ1v) is 9.99. The van der Waals surface area contributed by atoms with Gasteiger partial charge in [0.1, 0.15) is 0 Å². The normalized spacial score (nSPS) is 13.9. The third kappa shape index (κ3) is 5.43. The van der Waals surface area contributed by atoms with Gasteiger partial charge in [0.05, 0.1) is 6.54 Å². The number of imidazole rings is 1. The molecule has 0 spiro atoms. The molecule has 3 rings (SSSR count). The third-order valence-electron chi connectivity index (χ3n) is 4.57. The molecule has 176 valence electrons. The van der Waals surface area contributed by atoms with E-state index in [0.29, 0.717) is 30.2 Å². The maximum absolute atomic E-state index is 12.8. The zero-order chi connectivity index (χ0) is 24.1. The Labute approximate surface area is 185 Å². The van der Waals surface area contributed by atoms with Crippen molar-refractivity contribution in [3.63, 3.8) is 0 Å². The molecule has 3 heterocycles. The number of carboxylic acid groups (broad SMARTS) is 1. The number of rotatable bonds is 4. The van der Waals surface area contributed by atoms with Crippen molar-refractivity contribution in [1.82, 2.24) is 24.0 Å². The summed E-state index contributed by atoms with van der Waals surface area (Å²) in [5.41, 5.74) is -0.00229. The van der Waals surface area contributed by atoms with Gasteiger partial charge < -0.3 is 15.3 Å². The number of anilines is 1. The lowest BCUT2D eigenvalue weighted by atomic mass is 10.4. The summed E-state index contributed by atoms with van der Waals surface area (Å²) in [5, 5.41) is 10.4. The van der Waals surface area contributed by atoms with E-state index in [1.54, 1.807) is 6.92 Å². The molecule has 14 heteroatoms. The molecule has 0 saturated carbocycles. The monoisotopic (exact) mass is 478 g/mol. The van der Waals surface area contributed by atoms with Crippen molar-refractivity contribution >= 4 is 34.7 Å². The second-order valence-corrected chi connectivity index (χ2v) is 7.00. The van der Waals surface area contributed by atoms with E-state index in [2.05, 4.69) is 27.0 Å². The summed E-state index contributed by atoms with van der Waals surface area (Å²) >= 11 is 5.86. The maximum Gasteiger partial charge on any atom is 0.490 e. The SMILES string of the molecule is CC#CCn1c(N2CCNCC2)nc2c1c(=O)n(C)c(=O)n2CCCl.O=C(O)C(F)(F)F. The zero-order valence-electron chi connectivity index (χ0n) is 17.4. The maximum atomic E-state index is 12.8. The summed E-state index contributed by atoms with van der Waals surface area (Å²) in [6.45, 7) is 5.64. The summed E-state index contributed by atoms with van der Waals surface area (Å²) in [7, 11) is 1.47. The van der Waals surface area contributed by atoms with E-state index in [0.717, 1.165) is 30.7 Å². The lowest BCUT2D eigenvalue weighted by molar-refractivity contribution is -0.192. The lowest BCUT2D eigenvalue weighted by Gasteiger charge is -2.28. The highest BCUT2D eigenvalue weighted by molar-refractivity contribution is 6.17. The predicted molar refractivity (Wildman–Crippen MR) is 112 cm³/mol. The van der Waals surface area contributed by atoms with Crippen LogP contribution in [0.4, 0.5) is 19.1 Å². The van der Waals surface area contributed by atoms with Crippen molar-refractivity contribution < 1.29 is 23.1 Å². The van der Waals surface area contributed by atoms with Gasteiger partial charge in [-0.15, -0.1) is 17.5 Å². The lowest BCUT2D eigenvalue weighted by Crippen LogP contribution is -2.44. The number of piperazine rings is 1. The minimum atomic E-state index is -5.08. The molecular formula is C18H22ClF3N6O4. The number of hydrogen-bond donors (Lipinski definition) is 2. The Kier molecular flexibility index (Phi) is 8.34. The van der Waals surface area contributed by atoms with Crippen LogP contribution in [-0.4, -0.2) is 68.0 Å². The fraction of sp³-hybridized carbons (Fsp3) is 0.556. The Hall–Kier alpha value is -2.98. The molecule has 0 unspecified atom stereocenters. The summed E-state index contributed by atoms with van der Waals surface area (Å²) in [6, 6.07) is 0. The van der Waals surface area contributed by atoms with Gasteiger partial charge in [-0.05, 0) is 6.92 Å². The van der Waals surface area contributed by atoms with E-state index in [1.165, 1.54) is 11.6 Å². The van der Waals surface area contributed by atoms with Crippen LogP contribution in [0.2, 0.25) is 0 Å². The molecule has 1 saturated heterocycles. The van der Waals surface area contributed by atoms with Crippen molar-refractivity contribution in [3.05, 3.63) is 20.8 Å². The number of aryl methyl sites for hydroxylation is 1. The van der Waals surface area contributed by atoms with Gasteiger partial charge in [0.2, 0.25) is 5.95 Å². The second kappa shape index (κ2) is 10.6. The smallest absolute Gasteiger partial charge is 0.475 e. The second-order valence-electron chi connectivity index (χ2n) is 6.62. The van der Waals surface area contributed by atoms with Gasteiger partial charge >= 0.3 is 17.8 Å². The number of halogens is 4. The fourth-order valence-corrected chi connectivity index (χ4v) is 3.21. The third-order valence-corrected chi connectivity index (χ3v) is 4.74. The van der Waals surface area contributed by atoms with Crippen LogP contribution in [-0.2, 0) is 24.9 Å². The fourth-order valence-electron chi connectivity index (χ4n) is 3.05. The van der Waals surface area contributed by atoms with E-state index in [9.17, 15) is 22.8 Å². The molecule has 2 N–H and O–H groups in total. The molecule has 0 aliphatic carbocycles. The van der Waals surface area contributed by atoms with E-state index in [4.69, 9.17) is 21.5 Å². The Bertz CT molecular complexity index is 1150. The summed E-state index contributed by atoms with van der Waals surface area (Å²) in [6.07, 6.45) is -5.08. The molecule has 2 aromatic rings. The van der Waals surface area contributed by atoms with E-state index >= 15 is 0 Å². The van der Waals surface area contributed by atoms with Crippen molar-refractivity contribution in [2.45, 2.75) is 26.2 Å². The molecule has 1 fully saturated rings. The molecular weight excluding hydrogens is 457 g/mol. The van der Waals surface area contributed by atoms with Crippen molar-refractivity contribution in [1.29, 1.82) is 0 Å². The average Bonchev–Trinajstić information content (AvgIpc) is 3.13. The highest BCUT2D eigenvalue weighted by atomic mass is 35.5. The molecule has 32 heavy (non-hydrogen) atoms. The number of fused-ring (bicyclic) bond motifs is 1. The number of nitrogens with one attached hydrogen (secondary N) is 1. The zero-order valence-corrected chi connectivity index (χ0v) is 18.1. The Morgan fingerprint density at radius 1 is 1.25 bits per heavy atom. The molecule has 1 aliphatic heterocycles. The predicted octanol–water partition coefficient (Wildman–Crippen LogP) is 0.202. The summed E-state index contributed by atoms with van der Waals surface area (Å²) < 4.78 is 36.1. The van der Waals surface area contributed by atoms with Gasteiger partial charge in [-0.25, -0.2) is 9.59 Å². The molecule has 0 bridgehead atoms.